The molecule has 1 aromatic carbocycles. The number of hydrogen-bond donors (Lipinski definition) is 1. The second-order valence-corrected chi connectivity index (χ2v) is 8.53. The minimum absolute atomic E-state index is 0. The fraction of sp³-hybridized carbons (Fsp3) is 0.714. The van der Waals surface area contributed by atoms with Crippen molar-refractivity contribution in [2.24, 2.45) is 0 Å². The van der Waals surface area contributed by atoms with Gasteiger partial charge in [0, 0.05) is 0 Å². The second-order valence-electron chi connectivity index (χ2n) is 7.11. The van der Waals surface area contributed by atoms with Crippen molar-refractivity contribution in [2.75, 3.05) is 0 Å². The van der Waals surface area contributed by atoms with Crippen LogP contribution in [0, 0.1) is 0 Å². The molecule has 0 amide bonds. The monoisotopic (exact) mass is 408 g/mol. The zero-order chi connectivity index (χ0) is 18.4. The first-order valence-corrected chi connectivity index (χ1v) is 11.5. The van der Waals surface area contributed by atoms with Crippen LogP contribution in [-0.2, 0) is 16.5 Å². The van der Waals surface area contributed by atoms with Gasteiger partial charge in [-0.3, -0.25) is 4.55 Å². The molecule has 0 heterocycles. The minimum atomic E-state index is -4.07. The van der Waals surface area contributed by atoms with Crippen LogP contribution in [0.5, 0.6) is 0 Å². The Kier molecular flexibility index (Phi) is 17.2. The van der Waals surface area contributed by atoms with Gasteiger partial charge in [-0.05, 0) is 30.5 Å². The SMILES string of the molecule is CCCCCCCCCCCCCCCc1ccc(S(=O)(=O)O)cc1.[KH]. The molecule has 0 saturated carbocycles. The molecule has 1 N–H and O–H groups in total. The van der Waals surface area contributed by atoms with Crippen LogP contribution in [-0.4, -0.2) is 64.4 Å². The third-order valence-corrected chi connectivity index (χ3v) is 5.66. The molecule has 0 fully saturated rings. The zero-order valence-corrected chi connectivity index (χ0v) is 16.7. The molecular formula is C21H37KO3S. The fourth-order valence-corrected chi connectivity index (χ4v) is 3.66. The molecule has 146 valence electrons. The molecule has 0 radical (unpaired) electrons. The van der Waals surface area contributed by atoms with E-state index in [0.717, 1.165) is 18.4 Å². The molecule has 0 aromatic heterocycles. The molecule has 0 aliphatic carbocycles. The summed E-state index contributed by atoms with van der Waals surface area (Å²) in [5.74, 6) is 0. The Balaban J connectivity index is 0.00000625. The summed E-state index contributed by atoms with van der Waals surface area (Å²) in [5.41, 5.74) is 1.13. The summed E-state index contributed by atoms with van der Waals surface area (Å²) in [6.45, 7) is 2.26. The van der Waals surface area contributed by atoms with Crippen LogP contribution >= 0.6 is 0 Å². The van der Waals surface area contributed by atoms with Crippen molar-refractivity contribution in [3.8, 4) is 0 Å². The molecule has 0 atom stereocenters. The van der Waals surface area contributed by atoms with E-state index in [1.165, 1.54) is 89.2 Å². The maximum atomic E-state index is 11.0. The Morgan fingerprint density at radius 3 is 1.46 bits per heavy atom. The van der Waals surface area contributed by atoms with E-state index in [0.29, 0.717) is 0 Å². The third-order valence-electron chi connectivity index (χ3n) is 4.79. The second kappa shape index (κ2) is 16.7. The molecule has 0 aliphatic heterocycles. The molecule has 0 saturated heterocycles. The number of rotatable bonds is 15. The van der Waals surface area contributed by atoms with Crippen molar-refractivity contribution >= 4 is 61.5 Å². The first kappa shape index (κ1) is 26.8. The Morgan fingerprint density at radius 1 is 0.692 bits per heavy atom. The van der Waals surface area contributed by atoms with E-state index in [1.807, 2.05) is 0 Å². The van der Waals surface area contributed by atoms with Gasteiger partial charge in [0.2, 0.25) is 0 Å². The van der Waals surface area contributed by atoms with Crippen molar-refractivity contribution in [3.63, 3.8) is 0 Å². The van der Waals surface area contributed by atoms with Gasteiger partial charge >= 0.3 is 51.4 Å². The van der Waals surface area contributed by atoms with Crippen molar-refractivity contribution in [2.45, 2.75) is 102 Å². The number of unbranched alkanes of at least 4 members (excludes halogenated alkanes) is 12. The first-order chi connectivity index (χ1) is 12.0. The van der Waals surface area contributed by atoms with E-state index in [9.17, 15) is 8.42 Å². The molecule has 0 spiro atoms. The molecule has 3 nitrogen and oxygen atoms in total. The van der Waals surface area contributed by atoms with Crippen LogP contribution in [0.25, 0.3) is 0 Å². The predicted molar refractivity (Wildman–Crippen MR) is 113 cm³/mol. The summed E-state index contributed by atoms with van der Waals surface area (Å²) >= 11 is 0. The van der Waals surface area contributed by atoms with E-state index < -0.39 is 10.1 Å². The van der Waals surface area contributed by atoms with Crippen molar-refractivity contribution in [1.29, 1.82) is 0 Å². The Labute approximate surface area is 203 Å². The summed E-state index contributed by atoms with van der Waals surface area (Å²) in [7, 11) is -4.07. The van der Waals surface area contributed by atoms with Gasteiger partial charge in [0.05, 0.1) is 4.90 Å². The molecule has 5 heteroatoms. The van der Waals surface area contributed by atoms with Gasteiger partial charge in [-0.1, -0.05) is 96.1 Å². The first-order valence-electron chi connectivity index (χ1n) is 10.1. The van der Waals surface area contributed by atoms with E-state index in [-0.39, 0.29) is 56.3 Å². The normalized spacial score (nSPS) is 11.3. The van der Waals surface area contributed by atoms with E-state index in [1.54, 1.807) is 12.1 Å². The Bertz CT molecular complexity index is 541. The summed E-state index contributed by atoms with van der Waals surface area (Å²) in [5, 5.41) is 0. The van der Waals surface area contributed by atoms with Crippen LogP contribution < -0.4 is 0 Å². The average molecular weight is 409 g/mol. The topological polar surface area (TPSA) is 54.4 Å². The van der Waals surface area contributed by atoms with Crippen LogP contribution in [0.3, 0.4) is 0 Å². The summed E-state index contributed by atoms with van der Waals surface area (Å²) in [6.07, 6.45) is 18.5. The van der Waals surface area contributed by atoms with Crippen LogP contribution in [0.1, 0.15) is 96.0 Å². The molecule has 0 unspecified atom stereocenters. The molecule has 1 rings (SSSR count). The Hall–Kier alpha value is 0.766. The summed E-state index contributed by atoms with van der Waals surface area (Å²) in [4.78, 5) is -0.0263. The van der Waals surface area contributed by atoms with E-state index in [4.69, 9.17) is 4.55 Å². The number of benzene rings is 1. The van der Waals surface area contributed by atoms with E-state index in [2.05, 4.69) is 6.92 Å². The summed E-state index contributed by atoms with van der Waals surface area (Å²) in [6, 6.07) is 6.55. The van der Waals surface area contributed by atoms with Crippen LogP contribution in [0.15, 0.2) is 29.2 Å². The number of hydrogen-bond acceptors (Lipinski definition) is 2. The molecule has 26 heavy (non-hydrogen) atoms. The average Bonchev–Trinajstić information content (AvgIpc) is 2.58. The summed E-state index contributed by atoms with van der Waals surface area (Å²) < 4.78 is 30.9. The van der Waals surface area contributed by atoms with Gasteiger partial charge in [-0.15, -0.1) is 0 Å². The molecule has 1 aromatic rings. The molecule has 0 bridgehead atoms. The van der Waals surface area contributed by atoms with Gasteiger partial charge in [0.1, 0.15) is 0 Å². The van der Waals surface area contributed by atoms with Gasteiger partial charge in [0.25, 0.3) is 10.1 Å². The van der Waals surface area contributed by atoms with Crippen LogP contribution in [0.2, 0.25) is 0 Å². The number of aryl methyl sites for hydroxylation is 1. The van der Waals surface area contributed by atoms with Crippen molar-refractivity contribution in [1.82, 2.24) is 0 Å². The van der Waals surface area contributed by atoms with Gasteiger partial charge < -0.3 is 0 Å². The van der Waals surface area contributed by atoms with Gasteiger partial charge in [-0.2, -0.15) is 8.42 Å². The van der Waals surface area contributed by atoms with Gasteiger partial charge in [0.15, 0.2) is 0 Å². The standard InChI is InChI=1S/C21H36O3S.K.H/c1-2-3-4-5-6-7-8-9-10-11-12-13-14-15-20-16-18-21(19-17-20)25(22,23)24;;/h16-19H,2-15H2,1H3,(H,22,23,24);;. The maximum absolute atomic E-state index is 11.0. The molecular weight excluding hydrogens is 371 g/mol. The quantitative estimate of drug-likeness (QED) is 0.223. The molecule has 0 aliphatic rings. The van der Waals surface area contributed by atoms with Crippen molar-refractivity contribution in [3.05, 3.63) is 29.8 Å². The zero-order valence-electron chi connectivity index (χ0n) is 15.9. The van der Waals surface area contributed by atoms with E-state index >= 15 is 0 Å². The van der Waals surface area contributed by atoms with Crippen molar-refractivity contribution < 1.29 is 13.0 Å². The fourth-order valence-electron chi connectivity index (χ4n) is 3.17. The van der Waals surface area contributed by atoms with Crippen LogP contribution in [0.4, 0.5) is 0 Å². The predicted octanol–water partition coefficient (Wildman–Crippen LogP) is 5.92. The third kappa shape index (κ3) is 13.9. The Morgan fingerprint density at radius 2 is 1.08 bits per heavy atom. The van der Waals surface area contributed by atoms with Gasteiger partial charge in [-0.25, -0.2) is 0 Å².